The predicted octanol–water partition coefficient (Wildman–Crippen LogP) is 3.43. The molecule has 0 atom stereocenters. The fourth-order valence-corrected chi connectivity index (χ4v) is 1.41. The zero-order valence-electron chi connectivity index (χ0n) is 9.17. The normalized spacial score (nSPS) is 11.7. The van der Waals surface area contributed by atoms with Gasteiger partial charge in [0.2, 0.25) is 0 Å². The van der Waals surface area contributed by atoms with Crippen LogP contribution in [0.2, 0.25) is 0 Å². The Morgan fingerprint density at radius 3 is 2.67 bits per heavy atom. The van der Waals surface area contributed by atoms with Crippen molar-refractivity contribution < 1.29 is 13.9 Å². The third-order valence-electron chi connectivity index (χ3n) is 2.35. The fourth-order valence-electron chi connectivity index (χ4n) is 1.10. The Hall–Kier alpha value is -0.610. The number of furan rings is 1. The van der Waals surface area contributed by atoms with E-state index in [1.54, 1.807) is 19.2 Å². The lowest BCUT2D eigenvalue weighted by Gasteiger charge is -2.21. The molecule has 0 aliphatic heterocycles. The van der Waals surface area contributed by atoms with Gasteiger partial charge in [-0.05, 0) is 48.3 Å². The zero-order valence-corrected chi connectivity index (χ0v) is 10.8. The number of ether oxygens (including phenoxy) is 1. The first kappa shape index (κ1) is 12.5. The van der Waals surface area contributed by atoms with Gasteiger partial charge in [-0.2, -0.15) is 0 Å². The van der Waals surface area contributed by atoms with E-state index in [1.807, 2.05) is 13.8 Å². The van der Waals surface area contributed by atoms with Crippen LogP contribution in [0.1, 0.15) is 37.2 Å². The second-order valence-corrected chi connectivity index (χ2v) is 4.77. The van der Waals surface area contributed by atoms with E-state index in [9.17, 15) is 4.79 Å². The van der Waals surface area contributed by atoms with Gasteiger partial charge in [-0.25, -0.2) is 0 Å². The van der Waals surface area contributed by atoms with Gasteiger partial charge >= 0.3 is 0 Å². The lowest BCUT2D eigenvalue weighted by Crippen LogP contribution is -2.23. The van der Waals surface area contributed by atoms with E-state index in [4.69, 9.17) is 9.15 Å². The number of methoxy groups -OCH3 is 1. The number of hydrogen-bond donors (Lipinski definition) is 0. The predicted molar refractivity (Wildman–Crippen MR) is 61.1 cm³/mol. The molecule has 15 heavy (non-hydrogen) atoms. The van der Waals surface area contributed by atoms with E-state index in [2.05, 4.69) is 15.9 Å². The monoisotopic (exact) mass is 274 g/mol. The van der Waals surface area contributed by atoms with E-state index >= 15 is 0 Å². The number of carbonyl (C=O) groups excluding carboxylic acids is 1. The van der Waals surface area contributed by atoms with Crippen LogP contribution in [0.4, 0.5) is 0 Å². The molecule has 4 heteroatoms. The summed E-state index contributed by atoms with van der Waals surface area (Å²) in [4.78, 5) is 11.7. The second-order valence-electron chi connectivity index (χ2n) is 3.99. The van der Waals surface area contributed by atoms with Gasteiger partial charge in [0.05, 0.1) is 5.60 Å². The van der Waals surface area contributed by atoms with Gasteiger partial charge in [-0.15, -0.1) is 0 Å². The van der Waals surface area contributed by atoms with Crippen LogP contribution in [0.3, 0.4) is 0 Å². The largest absolute Gasteiger partial charge is 0.446 e. The smallest absolute Gasteiger partial charge is 0.198 e. The molecule has 0 aliphatic carbocycles. The summed E-state index contributed by atoms with van der Waals surface area (Å²) in [5, 5.41) is 0. The number of halogens is 1. The average molecular weight is 275 g/mol. The number of ketones is 1. The van der Waals surface area contributed by atoms with Gasteiger partial charge in [0, 0.05) is 13.5 Å². The third-order valence-corrected chi connectivity index (χ3v) is 2.78. The summed E-state index contributed by atoms with van der Waals surface area (Å²) in [7, 11) is 1.65. The molecule has 1 aromatic rings. The first-order valence-electron chi connectivity index (χ1n) is 4.78. The summed E-state index contributed by atoms with van der Waals surface area (Å²) in [6.45, 7) is 3.91. The minimum Gasteiger partial charge on any atom is -0.446 e. The number of hydrogen-bond acceptors (Lipinski definition) is 3. The van der Waals surface area contributed by atoms with E-state index in [1.165, 1.54) is 0 Å². The molecule has 0 fully saturated rings. The first-order valence-corrected chi connectivity index (χ1v) is 5.57. The molecule has 1 rings (SSSR count). The maximum Gasteiger partial charge on any atom is 0.198 e. The lowest BCUT2D eigenvalue weighted by atomic mass is 10.00. The Morgan fingerprint density at radius 2 is 2.20 bits per heavy atom. The van der Waals surface area contributed by atoms with Gasteiger partial charge < -0.3 is 9.15 Å². The highest BCUT2D eigenvalue weighted by atomic mass is 79.9. The standard InChI is InChI=1S/C11H15BrO3/c1-11(2,14-3)7-6-8(13)9-4-5-10(12)15-9/h4-5H,6-7H2,1-3H3. The average Bonchev–Trinajstić information content (AvgIpc) is 2.61. The summed E-state index contributed by atoms with van der Waals surface area (Å²) >= 11 is 3.16. The topological polar surface area (TPSA) is 39.4 Å². The summed E-state index contributed by atoms with van der Waals surface area (Å²) in [5.41, 5.74) is -0.264. The Balaban J connectivity index is 2.50. The molecule has 84 valence electrons. The van der Waals surface area contributed by atoms with Crippen molar-refractivity contribution in [2.75, 3.05) is 7.11 Å². The molecule has 0 saturated heterocycles. The first-order chi connectivity index (χ1) is 6.94. The van der Waals surface area contributed by atoms with Crippen molar-refractivity contribution in [2.45, 2.75) is 32.3 Å². The molecule has 0 aliphatic rings. The van der Waals surface area contributed by atoms with Crippen molar-refractivity contribution in [2.24, 2.45) is 0 Å². The molecule has 0 spiro atoms. The molecule has 0 N–H and O–H groups in total. The van der Waals surface area contributed by atoms with Gasteiger partial charge in [0.1, 0.15) is 0 Å². The van der Waals surface area contributed by atoms with E-state index < -0.39 is 0 Å². The Morgan fingerprint density at radius 1 is 1.53 bits per heavy atom. The van der Waals surface area contributed by atoms with Gasteiger partial charge in [0.25, 0.3) is 0 Å². The van der Waals surface area contributed by atoms with Crippen LogP contribution in [-0.4, -0.2) is 18.5 Å². The summed E-state index contributed by atoms with van der Waals surface area (Å²) in [6, 6.07) is 3.39. The highest BCUT2D eigenvalue weighted by molar-refractivity contribution is 9.10. The molecule has 0 saturated carbocycles. The molecule has 1 aromatic heterocycles. The SMILES string of the molecule is COC(C)(C)CCC(=O)c1ccc(Br)o1. The van der Waals surface area contributed by atoms with Crippen molar-refractivity contribution in [3.63, 3.8) is 0 Å². The maximum absolute atomic E-state index is 11.7. The van der Waals surface area contributed by atoms with Crippen molar-refractivity contribution in [3.8, 4) is 0 Å². The fraction of sp³-hybridized carbons (Fsp3) is 0.545. The van der Waals surface area contributed by atoms with Crippen molar-refractivity contribution in [1.29, 1.82) is 0 Å². The van der Waals surface area contributed by atoms with Crippen LogP contribution in [-0.2, 0) is 4.74 Å². The molecule has 0 bridgehead atoms. The van der Waals surface area contributed by atoms with E-state index in [-0.39, 0.29) is 11.4 Å². The third kappa shape index (κ3) is 3.80. The van der Waals surface area contributed by atoms with E-state index in [0.717, 1.165) is 0 Å². The van der Waals surface area contributed by atoms with E-state index in [0.29, 0.717) is 23.3 Å². The van der Waals surface area contributed by atoms with Crippen molar-refractivity contribution >= 4 is 21.7 Å². The van der Waals surface area contributed by atoms with Crippen molar-refractivity contribution in [3.05, 3.63) is 22.6 Å². The van der Waals surface area contributed by atoms with Crippen LogP contribution in [0.25, 0.3) is 0 Å². The van der Waals surface area contributed by atoms with Gasteiger partial charge in [-0.3, -0.25) is 4.79 Å². The summed E-state index contributed by atoms with van der Waals surface area (Å²) < 4.78 is 11.0. The van der Waals surface area contributed by atoms with Crippen LogP contribution in [0.15, 0.2) is 21.2 Å². The number of rotatable bonds is 5. The quantitative estimate of drug-likeness (QED) is 0.773. The maximum atomic E-state index is 11.7. The minimum atomic E-state index is -0.264. The second kappa shape index (κ2) is 4.94. The van der Waals surface area contributed by atoms with Crippen molar-refractivity contribution in [1.82, 2.24) is 0 Å². The van der Waals surface area contributed by atoms with Gasteiger partial charge in [0.15, 0.2) is 16.2 Å². The zero-order chi connectivity index (χ0) is 11.5. The molecular formula is C11H15BrO3. The van der Waals surface area contributed by atoms with Crippen LogP contribution in [0.5, 0.6) is 0 Å². The van der Waals surface area contributed by atoms with Crippen LogP contribution in [0, 0.1) is 0 Å². The summed E-state index contributed by atoms with van der Waals surface area (Å²) in [5.74, 6) is 0.402. The number of carbonyl (C=O) groups is 1. The highest BCUT2D eigenvalue weighted by Crippen LogP contribution is 2.20. The lowest BCUT2D eigenvalue weighted by molar-refractivity contribution is 0.0139. The molecule has 0 aromatic carbocycles. The van der Waals surface area contributed by atoms with Gasteiger partial charge in [-0.1, -0.05) is 0 Å². The molecule has 0 amide bonds. The molecule has 0 unspecified atom stereocenters. The Bertz CT molecular complexity index is 341. The number of Topliss-reactive ketones (excluding diaryl/α,β-unsaturated/α-hetero) is 1. The summed E-state index contributed by atoms with van der Waals surface area (Å²) in [6.07, 6.45) is 1.11. The molecule has 0 radical (unpaired) electrons. The Labute approximate surface area is 97.9 Å². The Kier molecular flexibility index (Phi) is 4.11. The molecule has 1 heterocycles. The minimum absolute atomic E-state index is 0.00539. The molecule has 3 nitrogen and oxygen atoms in total. The van der Waals surface area contributed by atoms with Crippen LogP contribution >= 0.6 is 15.9 Å². The molecular weight excluding hydrogens is 260 g/mol. The van der Waals surface area contributed by atoms with Crippen LogP contribution < -0.4 is 0 Å². The highest BCUT2D eigenvalue weighted by Gasteiger charge is 2.19.